The van der Waals surface area contributed by atoms with Crippen LogP contribution in [-0.2, 0) is 6.54 Å². The molecular formula is C11H18N4O. The topological polar surface area (TPSA) is 50.3 Å². The maximum atomic E-state index is 5.07. The molecule has 0 saturated carbocycles. The first-order valence-corrected chi connectivity index (χ1v) is 5.59. The van der Waals surface area contributed by atoms with E-state index < -0.39 is 0 Å². The minimum Gasteiger partial charge on any atom is -0.467 e. The van der Waals surface area contributed by atoms with E-state index in [0.717, 1.165) is 44.1 Å². The maximum absolute atomic E-state index is 5.07. The fraction of sp³-hybridized carbons (Fsp3) is 0.636. The minimum atomic E-state index is 0.463. The Morgan fingerprint density at radius 2 is 2.12 bits per heavy atom. The van der Waals surface area contributed by atoms with Crippen molar-refractivity contribution in [3.8, 4) is 6.01 Å². The molecule has 1 saturated heterocycles. The molecule has 2 rings (SSSR count). The molecule has 1 aromatic heterocycles. The summed E-state index contributed by atoms with van der Waals surface area (Å²) in [5.41, 5.74) is 1.99. The second-order valence-corrected chi connectivity index (χ2v) is 4.01. The fourth-order valence-corrected chi connectivity index (χ4v) is 1.88. The van der Waals surface area contributed by atoms with Gasteiger partial charge >= 0.3 is 6.01 Å². The third-order valence-corrected chi connectivity index (χ3v) is 2.66. The van der Waals surface area contributed by atoms with Crippen LogP contribution in [0.15, 0.2) is 6.07 Å². The summed E-state index contributed by atoms with van der Waals surface area (Å²) in [6.07, 6.45) is 0. The van der Waals surface area contributed by atoms with Crippen LogP contribution in [-0.4, -0.2) is 48.2 Å². The van der Waals surface area contributed by atoms with Crippen molar-refractivity contribution < 1.29 is 4.74 Å². The minimum absolute atomic E-state index is 0.463. The normalized spacial score (nSPS) is 17.4. The zero-order chi connectivity index (χ0) is 11.4. The molecule has 5 heteroatoms. The van der Waals surface area contributed by atoms with E-state index in [1.807, 2.05) is 13.0 Å². The van der Waals surface area contributed by atoms with Gasteiger partial charge in [0.2, 0.25) is 0 Å². The van der Waals surface area contributed by atoms with Crippen LogP contribution >= 0.6 is 0 Å². The van der Waals surface area contributed by atoms with Crippen molar-refractivity contribution >= 4 is 0 Å². The first-order chi connectivity index (χ1) is 7.78. The SMILES string of the molecule is COc1nc(C)cc(CN2CCNCC2)n1. The highest BCUT2D eigenvalue weighted by atomic mass is 16.5. The molecule has 0 aromatic carbocycles. The summed E-state index contributed by atoms with van der Waals surface area (Å²) < 4.78 is 5.07. The highest BCUT2D eigenvalue weighted by Gasteiger charge is 2.11. The monoisotopic (exact) mass is 222 g/mol. The summed E-state index contributed by atoms with van der Waals surface area (Å²) in [6, 6.07) is 2.48. The van der Waals surface area contributed by atoms with Gasteiger partial charge in [0, 0.05) is 38.4 Å². The zero-order valence-corrected chi connectivity index (χ0v) is 9.86. The molecule has 1 N–H and O–H groups in total. The van der Waals surface area contributed by atoms with E-state index in [1.54, 1.807) is 7.11 Å². The lowest BCUT2D eigenvalue weighted by molar-refractivity contribution is 0.229. The Labute approximate surface area is 95.8 Å². The van der Waals surface area contributed by atoms with Gasteiger partial charge < -0.3 is 10.1 Å². The largest absolute Gasteiger partial charge is 0.467 e. The summed E-state index contributed by atoms with van der Waals surface area (Å²) >= 11 is 0. The molecule has 2 heterocycles. The second kappa shape index (κ2) is 5.23. The van der Waals surface area contributed by atoms with Crippen LogP contribution in [0.25, 0.3) is 0 Å². The molecule has 1 aliphatic heterocycles. The third-order valence-electron chi connectivity index (χ3n) is 2.66. The highest BCUT2D eigenvalue weighted by molar-refractivity contribution is 5.12. The van der Waals surface area contributed by atoms with Gasteiger partial charge in [-0.15, -0.1) is 0 Å². The molecule has 0 amide bonds. The molecule has 1 aliphatic rings. The van der Waals surface area contributed by atoms with Crippen molar-refractivity contribution in [2.45, 2.75) is 13.5 Å². The predicted octanol–water partition coefficient (Wildman–Crippen LogP) is 0.199. The molecule has 5 nitrogen and oxygen atoms in total. The number of nitrogens with one attached hydrogen (secondary N) is 1. The Bertz CT molecular complexity index is 350. The summed E-state index contributed by atoms with van der Waals surface area (Å²) in [4.78, 5) is 10.9. The maximum Gasteiger partial charge on any atom is 0.316 e. The molecule has 0 aliphatic carbocycles. The lowest BCUT2D eigenvalue weighted by atomic mass is 10.3. The van der Waals surface area contributed by atoms with Crippen LogP contribution in [0.2, 0.25) is 0 Å². The van der Waals surface area contributed by atoms with Crippen molar-refractivity contribution in [2.24, 2.45) is 0 Å². The Kier molecular flexibility index (Phi) is 3.69. The van der Waals surface area contributed by atoms with Crippen LogP contribution < -0.4 is 10.1 Å². The number of rotatable bonds is 3. The van der Waals surface area contributed by atoms with Gasteiger partial charge in [-0.05, 0) is 13.0 Å². The van der Waals surface area contributed by atoms with E-state index in [4.69, 9.17) is 4.74 Å². The van der Waals surface area contributed by atoms with Gasteiger partial charge in [0.15, 0.2) is 0 Å². The Morgan fingerprint density at radius 1 is 1.38 bits per heavy atom. The quantitative estimate of drug-likeness (QED) is 0.791. The highest BCUT2D eigenvalue weighted by Crippen LogP contribution is 2.09. The lowest BCUT2D eigenvalue weighted by Gasteiger charge is -2.26. The number of ether oxygens (including phenoxy) is 1. The number of nitrogens with zero attached hydrogens (tertiary/aromatic N) is 3. The van der Waals surface area contributed by atoms with Gasteiger partial charge in [-0.25, -0.2) is 4.98 Å². The molecular weight excluding hydrogens is 204 g/mol. The van der Waals surface area contributed by atoms with E-state index in [9.17, 15) is 0 Å². The van der Waals surface area contributed by atoms with Crippen LogP contribution in [0.1, 0.15) is 11.4 Å². The van der Waals surface area contributed by atoms with Gasteiger partial charge in [-0.2, -0.15) is 4.98 Å². The van der Waals surface area contributed by atoms with Crippen molar-refractivity contribution in [3.05, 3.63) is 17.5 Å². The van der Waals surface area contributed by atoms with E-state index in [1.165, 1.54) is 0 Å². The molecule has 0 bridgehead atoms. The molecule has 16 heavy (non-hydrogen) atoms. The summed E-state index contributed by atoms with van der Waals surface area (Å²) in [6.45, 7) is 7.10. The third kappa shape index (κ3) is 2.90. The molecule has 0 unspecified atom stereocenters. The Hall–Kier alpha value is -1.20. The summed E-state index contributed by atoms with van der Waals surface area (Å²) in [5.74, 6) is 0. The van der Waals surface area contributed by atoms with Gasteiger partial charge in [0.25, 0.3) is 0 Å². The Morgan fingerprint density at radius 3 is 2.81 bits per heavy atom. The number of methoxy groups -OCH3 is 1. The summed E-state index contributed by atoms with van der Waals surface area (Å²) in [5, 5.41) is 3.34. The molecule has 1 fully saturated rings. The fourth-order valence-electron chi connectivity index (χ4n) is 1.88. The molecule has 0 spiro atoms. The van der Waals surface area contributed by atoms with Gasteiger partial charge in [0.1, 0.15) is 0 Å². The number of hydrogen-bond acceptors (Lipinski definition) is 5. The molecule has 0 radical (unpaired) electrons. The first kappa shape index (κ1) is 11.3. The standard InChI is InChI=1S/C11H18N4O/c1-9-7-10(14-11(13-9)16-2)8-15-5-3-12-4-6-15/h7,12H,3-6,8H2,1-2H3. The number of aryl methyl sites for hydroxylation is 1. The average Bonchev–Trinajstić information content (AvgIpc) is 2.29. The van der Waals surface area contributed by atoms with Crippen LogP contribution in [0.4, 0.5) is 0 Å². The van der Waals surface area contributed by atoms with E-state index >= 15 is 0 Å². The molecule has 0 atom stereocenters. The van der Waals surface area contributed by atoms with Crippen molar-refractivity contribution in [2.75, 3.05) is 33.3 Å². The van der Waals surface area contributed by atoms with Crippen LogP contribution in [0, 0.1) is 6.92 Å². The van der Waals surface area contributed by atoms with Gasteiger partial charge in [0.05, 0.1) is 12.8 Å². The second-order valence-electron chi connectivity index (χ2n) is 4.01. The Balaban J connectivity index is 2.04. The van der Waals surface area contributed by atoms with Crippen LogP contribution in [0.5, 0.6) is 6.01 Å². The van der Waals surface area contributed by atoms with Gasteiger partial charge in [-0.1, -0.05) is 0 Å². The average molecular weight is 222 g/mol. The predicted molar refractivity (Wildman–Crippen MR) is 61.5 cm³/mol. The lowest BCUT2D eigenvalue weighted by Crippen LogP contribution is -2.43. The molecule has 88 valence electrons. The van der Waals surface area contributed by atoms with E-state index in [0.29, 0.717) is 6.01 Å². The number of aromatic nitrogens is 2. The number of hydrogen-bond donors (Lipinski definition) is 1. The smallest absolute Gasteiger partial charge is 0.316 e. The summed E-state index contributed by atoms with van der Waals surface area (Å²) in [7, 11) is 1.60. The van der Waals surface area contributed by atoms with Crippen molar-refractivity contribution in [1.29, 1.82) is 0 Å². The van der Waals surface area contributed by atoms with Gasteiger partial charge in [-0.3, -0.25) is 4.90 Å². The first-order valence-electron chi connectivity index (χ1n) is 5.59. The van der Waals surface area contributed by atoms with E-state index in [2.05, 4.69) is 20.2 Å². The van der Waals surface area contributed by atoms with E-state index in [-0.39, 0.29) is 0 Å². The van der Waals surface area contributed by atoms with Crippen molar-refractivity contribution in [1.82, 2.24) is 20.2 Å². The zero-order valence-electron chi connectivity index (χ0n) is 9.86. The van der Waals surface area contributed by atoms with Crippen LogP contribution in [0.3, 0.4) is 0 Å². The molecule has 1 aromatic rings. The van der Waals surface area contributed by atoms with Crippen molar-refractivity contribution in [3.63, 3.8) is 0 Å². The number of piperazine rings is 1.